The maximum absolute atomic E-state index is 10.7. The van der Waals surface area contributed by atoms with Crippen molar-refractivity contribution in [2.45, 2.75) is 0 Å². The van der Waals surface area contributed by atoms with Crippen LogP contribution in [0.5, 0.6) is 5.75 Å². The molecule has 1 radical (unpaired) electrons. The van der Waals surface area contributed by atoms with Crippen LogP contribution in [-0.4, -0.2) is 21.2 Å². The van der Waals surface area contributed by atoms with Crippen LogP contribution in [0.2, 0.25) is 0 Å². The first-order valence-electron chi connectivity index (χ1n) is 4.00. The fourth-order valence-electron chi connectivity index (χ4n) is 1.30. The van der Waals surface area contributed by atoms with Crippen LogP contribution < -0.4 is 0 Å². The topological polar surface area (TPSA) is 70.4 Å². The summed E-state index contributed by atoms with van der Waals surface area (Å²) in [6.07, 6.45) is 1.51. The second-order valence-electron chi connectivity index (χ2n) is 2.84. The first-order chi connectivity index (χ1) is 6.70. The third-order valence-corrected chi connectivity index (χ3v) is 1.98. The zero-order chi connectivity index (χ0) is 10.1. The molecule has 4 nitrogen and oxygen atoms in total. The van der Waals surface area contributed by atoms with Gasteiger partial charge < -0.3 is 10.2 Å². The average molecular weight is 288 g/mol. The van der Waals surface area contributed by atoms with E-state index in [1.165, 1.54) is 12.3 Å². The van der Waals surface area contributed by atoms with E-state index in [1.807, 2.05) is 0 Å². The summed E-state index contributed by atoms with van der Waals surface area (Å²) in [6.45, 7) is 0. The number of pyridine rings is 1. The normalized spacial score (nSPS) is 9.60. The number of hydrogen-bond acceptors (Lipinski definition) is 3. The van der Waals surface area contributed by atoms with E-state index >= 15 is 0 Å². The van der Waals surface area contributed by atoms with Crippen molar-refractivity contribution in [2.24, 2.45) is 0 Å². The van der Waals surface area contributed by atoms with Gasteiger partial charge in [0.1, 0.15) is 11.1 Å². The van der Waals surface area contributed by atoms with Gasteiger partial charge in [0.15, 0.2) is 5.75 Å². The summed E-state index contributed by atoms with van der Waals surface area (Å²) in [5, 5.41) is 19.0. The Kier molecular flexibility index (Phi) is 3.39. The third-order valence-electron chi connectivity index (χ3n) is 1.98. The van der Waals surface area contributed by atoms with Crippen molar-refractivity contribution < 1.29 is 35.1 Å². The molecular formula is C10H7NO3Tc. The Bertz CT molecular complexity index is 513. The quantitative estimate of drug-likeness (QED) is 0.836. The van der Waals surface area contributed by atoms with Gasteiger partial charge in [0.2, 0.25) is 0 Å². The van der Waals surface area contributed by atoms with Gasteiger partial charge in [-0.15, -0.1) is 0 Å². The number of aromatic hydroxyl groups is 1. The van der Waals surface area contributed by atoms with Crippen LogP contribution in [0.15, 0.2) is 30.5 Å². The second-order valence-corrected chi connectivity index (χ2v) is 2.84. The van der Waals surface area contributed by atoms with Crippen LogP contribution in [0.4, 0.5) is 0 Å². The molecule has 1 heterocycles. The molecular weight excluding hydrogens is 281 g/mol. The number of carboxylic acid groups (broad SMARTS) is 1. The van der Waals surface area contributed by atoms with Crippen molar-refractivity contribution in [3.63, 3.8) is 0 Å². The fraction of sp³-hybridized carbons (Fsp3) is 0. The molecule has 2 aromatic rings. The number of nitrogens with zero attached hydrogens (tertiary/aromatic N) is 1. The molecule has 77 valence electrons. The van der Waals surface area contributed by atoms with Crippen LogP contribution in [0.3, 0.4) is 0 Å². The number of rotatable bonds is 1. The van der Waals surface area contributed by atoms with Gasteiger partial charge in [0, 0.05) is 31.7 Å². The number of phenols is 1. The largest absolute Gasteiger partial charge is 0.505 e. The van der Waals surface area contributed by atoms with E-state index < -0.39 is 5.97 Å². The number of aromatic carboxylic acids is 1. The van der Waals surface area contributed by atoms with Gasteiger partial charge in [0.25, 0.3) is 0 Å². The summed E-state index contributed by atoms with van der Waals surface area (Å²) < 4.78 is 0. The smallest absolute Gasteiger partial charge is 0.339 e. The van der Waals surface area contributed by atoms with E-state index in [-0.39, 0.29) is 31.4 Å². The Morgan fingerprint density at radius 2 is 2.00 bits per heavy atom. The second kappa shape index (κ2) is 4.38. The maximum atomic E-state index is 10.7. The van der Waals surface area contributed by atoms with Crippen LogP contribution in [0, 0.1) is 0 Å². The molecule has 0 spiro atoms. The maximum Gasteiger partial charge on any atom is 0.339 e. The molecule has 0 unspecified atom stereocenters. The minimum Gasteiger partial charge on any atom is -0.505 e. The summed E-state index contributed by atoms with van der Waals surface area (Å²) in [5.41, 5.74) is 0.184. The molecule has 0 aliphatic rings. The molecule has 0 aliphatic heterocycles. The number of fused-ring (bicyclic) bond motifs is 1. The van der Waals surface area contributed by atoms with Crippen molar-refractivity contribution in [2.75, 3.05) is 0 Å². The van der Waals surface area contributed by atoms with Crippen LogP contribution >= 0.6 is 0 Å². The predicted molar refractivity (Wildman–Crippen MR) is 50.4 cm³/mol. The molecule has 0 amide bonds. The molecule has 2 rings (SSSR count). The van der Waals surface area contributed by atoms with E-state index in [0.29, 0.717) is 5.52 Å². The number of carbonyl (C=O) groups is 1. The van der Waals surface area contributed by atoms with Gasteiger partial charge in [-0.2, -0.15) is 0 Å². The first-order valence-corrected chi connectivity index (χ1v) is 4.00. The Balaban J connectivity index is 0.00000112. The van der Waals surface area contributed by atoms with Crippen molar-refractivity contribution in [3.8, 4) is 5.75 Å². The van der Waals surface area contributed by atoms with Crippen molar-refractivity contribution in [3.05, 3.63) is 36.0 Å². The number of aromatic nitrogens is 1. The van der Waals surface area contributed by atoms with Crippen molar-refractivity contribution >= 4 is 16.9 Å². The molecule has 0 bridgehead atoms. The number of carboxylic acids is 1. The molecule has 0 saturated heterocycles. The van der Waals surface area contributed by atoms with Gasteiger partial charge in [-0.1, -0.05) is 12.1 Å². The van der Waals surface area contributed by atoms with Crippen LogP contribution in [0.1, 0.15) is 10.4 Å². The van der Waals surface area contributed by atoms with Crippen LogP contribution in [-0.2, 0) is 20.1 Å². The molecule has 1 aromatic heterocycles. The minimum atomic E-state index is -1.16. The average Bonchev–Trinajstić information content (AvgIpc) is 2.18. The Hall–Kier alpha value is -1.45. The SMILES string of the molecule is O=C(O)c1ccc2cccnc2c1O.[99Tc]. The summed E-state index contributed by atoms with van der Waals surface area (Å²) >= 11 is 0. The summed E-state index contributed by atoms with van der Waals surface area (Å²) in [4.78, 5) is 14.6. The number of hydrogen-bond donors (Lipinski definition) is 2. The van der Waals surface area contributed by atoms with Gasteiger partial charge in [0.05, 0.1) is 0 Å². The monoisotopic (exact) mass is 288 g/mol. The van der Waals surface area contributed by atoms with E-state index in [1.54, 1.807) is 18.2 Å². The fourth-order valence-corrected chi connectivity index (χ4v) is 1.30. The Morgan fingerprint density at radius 1 is 1.27 bits per heavy atom. The molecule has 1 aromatic carbocycles. The molecule has 15 heavy (non-hydrogen) atoms. The standard InChI is InChI=1S/C10H7NO3.Tc/c12-9-7(10(13)14)4-3-6-2-1-5-11-8(6)9;/h1-5,12H,(H,13,14);/i;1+1. The van der Waals surface area contributed by atoms with E-state index in [9.17, 15) is 9.90 Å². The Morgan fingerprint density at radius 3 is 2.67 bits per heavy atom. The van der Waals surface area contributed by atoms with Gasteiger partial charge in [-0.3, -0.25) is 4.98 Å². The summed E-state index contributed by atoms with van der Waals surface area (Å²) in [5.74, 6) is -1.44. The molecule has 0 fully saturated rings. The van der Waals surface area contributed by atoms with Gasteiger partial charge in [-0.25, -0.2) is 4.79 Å². The zero-order valence-electron chi connectivity index (χ0n) is 7.51. The van der Waals surface area contributed by atoms with Gasteiger partial charge >= 0.3 is 5.97 Å². The molecule has 0 aliphatic carbocycles. The summed E-state index contributed by atoms with van der Waals surface area (Å²) in [7, 11) is 0. The molecule has 0 saturated carbocycles. The van der Waals surface area contributed by atoms with Gasteiger partial charge in [-0.05, 0) is 12.1 Å². The van der Waals surface area contributed by atoms with E-state index in [0.717, 1.165) is 5.39 Å². The minimum absolute atomic E-state index is 0. The molecule has 2 N–H and O–H groups in total. The predicted octanol–water partition coefficient (Wildman–Crippen LogP) is 1.64. The van der Waals surface area contributed by atoms with E-state index in [4.69, 9.17) is 5.11 Å². The summed E-state index contributed by atoms with van der Waals surface area (Å²) in [6, 6.07) is 6.46. The first kappa shape index (κ1) is 11.6. The van der Waals surface area contributed by atoms with Crippen molar-refractivity contribution in [1.29, 1.82) is 0 Å². The molecule has 5 heteroatoms. The van der Waals surface area contributed by atoms with Crippen molar-refractivity contribution in [1.82, 2.24) is 4.98 Å². The molecule has 0 atom stereocenters. The number of benzene rings is 1. The van der Waals surface area contributed by atoms with E-state index in [2.05, 4.69) is 4.98 Å². The third kappa shape index (κ3) is 1.98. The Labute approximate surface area is 98.9 Å². The zero-order valence-corrected chi connectivity index (χ0v) is 9.37. The van der Waals surface area contributed by atoms with Crippen LogP contribution in [0.25, 0.3) is 10.9 Å².